The Hall–Kier alpha value is -2.12. The molecule has 1 heterocycles. The molecular formula is C16H23N3O4. The SMILES string of the molecule is CN(C)C(=O)N1CCN(Cc2ccccc2C(=O)O)CC(O)C1. The van der Waals surface area contributed by atoms with Gasteiger partial charge in [0, 0.05) is 46.8 Å². The number of carbonyl (C=O) groups excluding carboxylic acids is 1. The molecule has 1 aliphatic rings. The van der Waals surface area contributed by atoms with Crippen LogP contribution in [0.5, 0.6) is 0 Å². The molecule has 126 valence electrons. The van der Waals surface area contributed by atoms with Gasteiger partial charge in [0.25, 0.3) is 0 Å². The monoisotopic (exact) mass is 321 g/mol. The van der Waals surface area contributed by atoms with E-state index in [0.29, 0.717) is 31.7 Å². The lowest BCUT2D eigenvalue weighted by molar-refractivity contribution is 0.0693. The molecule has 0 bridgehead atoms. The number of aliphatic hydroxyl groups excluding tert-OH is 1. The van der Waals surface area contributed by atoms with Crippen molar-refractivity contribution in [1.82, 2.24) is 14.7 Å². The van der Waals surface area contributed by atoms with Crippen LogP contribution >= 0.6 is 0 Å². The molecule has 0 saturated carbocycles. The fourth-order valence-corrected chi connectivity index (χ4v) is 2.76. The van der Waals surface area contributed by atoms with E-state index in [4.69, 9.17) is 0 Å². The summed E-state index contributed by atoms with van der Waals surface area (Å²) >= 11 is 0. The van der Waals surface area contributed by atoms with Crippen LogP contribution in [0.15, 0.2) is 24.3 Å². The van der Waals surface area contributed by atoms with Gasteiger partial charge in [-0.3, -0.25) is 4.90 Å². The van der Waals surface area contributed by atoms with Gasteiger partial charge in [-0.25, -0.2) is 9.59 Å². The third-order valence-electron chi connectivity index (χ3n) is 3.88. The van der Waals surface area contributed by atoms with Crippen LogP contribution < -0.4 is 0 Å². The zero-order valence-corrected chi connectivity index (χ0v) is 13.5. The van der Waals surface area contributed by atoms with Crippen LogP contribution in [0.25, 0.3) is 0 Å². The van der Waals surface area contributed by atoms with Gasteiger partial charge in [0.2, 0.25) is 0 Å². The number of carboxylic acid groups (broad SMARTS) is 1. The van der Waals surface area contributed by atoms with Crippen molar-refractivity contribution in [1.29, 1.82) is 0 Å². The average Bonchev–Trinajstić information content (AvgIpc) is 2.68. The lowest BCUT2D eigenvalue weighted by Gasteiger charge is -2.25. The van der Waals surface area contributed by atoms with E-state index in [0.717, 1.165) is 0 Å². The van der Waals surface area contributed by atoms with E-state index in [1.165, 1.54) is 4.90 Å². The maximum atomic E-state index is 12.0. The predicted molar refractivity (Wildman–Crippen MR) is 85.3 cm³/mol. The molecule has 2 amide bonds. The van der Waals surface area contributed by atoms with Gasteiger partial charge in [-0.05, 0) is 11.6 Å². The number of carboxylic acids is 1. The van der Waals surface area contributed by atoms with Gasteiger partial charge in [0.1, 0.15) is 0 Å². The number of hydrogen-bond acceptors (Lipinski definition) is 4. The predicted octanol–water partition coefficient (Wildman–Crippen LogP) is 0.545. The van der Waals surface area contributed by atoms with Crippen molar-refractivity contribution in [3.63, 3.8) is 0 Å². The number of β-amino-alcohol motifs (C(OH)–C–C–N with tert-alkyl or cyclic N) is 1. The summed E-state index contributed by atoms with van der Waals surface area (Å²) in [7, 11) is 3.36. The molecule has 1 atom stereocenters. The second-order valence-electron chi connectivity index (χ2n) is 5.97. The van der Waals surface area contributed by atoms with Gasteiger partial charge in [-0.1, -0.05) is 18.2 Å². The molecule has 1 fully saturated rings. The first-order chi connectivity index (χ1) is 10.9. The lowest BCUT2D eigenvalue weighted by Crippen LogP contribution is -2.43. The van der Waals surface area contributed by atoms with Gasteiger partial charge < -0.3 is 20.0 Å². The number of amides is 2. The van der Waals surface area contributed by atoms with Crippen LogP contribution in [-0.2, 0) is 6.54 Å². The first-order valence-corrected chi connectivity index (χ1v) is 7.56. The van der Waals surface area contributed by atoms with Crippen molar-refractivity contribution in [2.24, 2.45) is 0 Å². The first kappa shape index (κ1) is 17.2. The van der Waals surface area contributed by atoms with Gasteiger partial charge >= 0.3 is 12.0 Å². The minimum atomic E-state index is -0.958. The smallest absolute Gasteiger partial charge is 0.336 e. The molecule has 7 nitrogen and oxygen atoms in total. The molecule has 7 heteroatoms. The molecule has 1 aliphatic heterocycles. The van der Waals surface area contributed by atoms with Crippen molar-refractivity contribution < 1.29 is 19.8 Å². The second-order valence-corrected chi connectivity index (χ2v) is 5.97. The first-order valence-electron chi connectivity index (χ1n) is 7.56. The van der Waals surface area contributed by atoms with Crippen LogP contribution in [0.4, 0.5) is 4.79 Å². The average molecular weight is 321 g/mol. The number of aromatic carboxylic acids is 1. The Kier molecular flexibility index (Phi) is 5.57. The molecule has 1 aromatic carbocycles. The standard InChI is InChI=1S/C16H23N3O4/c1-17(2)16(23)19-8-7-18(10-13(20)11-19)9-12-5-3-4-6-14(12)15(21)22/h3-6,13,20H,7-11H2,1-2H3,(H,21,22). The third-order valence-corrected chi connectivity index (χ3v) is 3.88. The molecule has 2 N–H and O–H groups in total. The van der Waals surface area contributed by atoms with Crippen LogP contribution in [0.1, 0.15) is 15.9 Å². The maximum absolute atomic E-state index is 12.0. The van der Waals surface area contributed by atoms with Crippen LogP contribution in [0.3, 0.4) is 0 Å². The number of benzene rings is 1. The van der Waals surface area contributed by atoms with Crippen molar-refractivity contribution in [3.8, 4) is 0 Å². The Morgan fingerprint density at radius 2 is 1.91 bits per heavy atom. The molecule has 0 aliphatic carbocycles. The van der Waals surface area contributed by atoms with E-state index >= 15 is 0 Å². The van der Waals surface area contributed by atoms with Crippen LogP contribution in [0.2, 0.25) is 0 Å². The number of urea groups is 1. The van der Waals surface area contributed by atoms with E-state index in [2.05, 4.69) is 0 Å². The van der Waals surface area contributed by atoms with Crippen molar-refractivity contribution in [3.05, 3.63) is 35.4 Å². The third kappa shape index (κ3) is 4.43. The van der Waals surface area contributed by atoms with E-state index in [9.17, 15) is 19.8 Å². The molecule has 23 heavy (non-hydrogen) atoms. The van der Waals surface area contributed by atoms with Crippen molar-refractivity contribution in [2.75, 3.05) is 40.3 Å². The Morgan fingerprint density at radius 1 is 1.22 bits per heavy atom. The van der Waals surface area contributed by atoms with E-state index in [-0.39, 0.29) is 18.1 Å². The van der Waals surface area contributed by atoms with Gasteiger partial charge in [0.15, 0.2) is 0 Å². The summed E-state index contributed by atoms with van der Waals surface area (Å²) in [6, 6.07) is 6.73. The number of carbonyl (C=O) groups is 2. The fourth-order valence-electron chi connectivity index (χ4n) is 2.76. The maximum Gasteiger partial charge on any atom is 0.336 e. The van der Waals surface area contributed by atoms with Gasteiger partial charge in [0.05, 0.1) is 11.7 Å². The Morgan fingerprint density at radius 3 is 2.57 bits per heavy atom. The Balaban J connectivity index is 2.08. The molecule has 1 saturated heterocycles. The minimum absolute atomic E-state index is 0.128. The number of nitrogens with zero attached hydrogens (tertiary/aromatic N) is 3. The lowest BCUT2D eigenvalue weighted by atomic mass is 10.1. The molecule has 0 radical (unpaired) electrons. The van der Waals surface area contributed by atoms with E-state index in [1.807, 2.05) is 4.90 Å². The second kappa shape index (κ2) is 7.43. The number of aliphatic hydroxyl groups is 1. The molecule has 2 rings (SSSR count). The molecule has 0 aromatic heterocycles. The van der Waals surface area contributed by atoms with E-state index < -0.39 is 12.1 Å². The highest BCUT2D eigenvalue weighted by Crippen LogP contribution is 2.14. The molecule has 1 unspecified atom stereocenters. The normalized spacial score (nSPS) is 19.3. The number of hydrogen-bond donors (Lipinski definition) is 2. The largest absolute Gasteiger partial charge is 0.478 e. The summed E-state index contributed by atoms with van der Waals surface area (Å²) in [5.41, 5.74) is 0.979. The fraction of sp³-hybridized carbons (Fsp3) is 0.500. The topological polar surface area (TPSA) is 84.3 Å². The van der Waals surface area contributed by atoms with Gasteiger partial charge in [-0.2, -0.15) is 0 Å². The van der Waals surface area contributed by atoms with E-state index in [1.54, 1.807) is 43.3 Å². The molecule has 1 aromatic rings. The van der Waals surface area contributed by atoms with Crippen LogP contribution in [0, 0.1) is 0 Å². The summed E-state index contributed by atoms with van der Waals surface area (Å²) in [6.45, 7) is 2.22. The Labute approximate surface area is 135 Å². The highest BCUT2D eigenvalue weighted by molar-refractivity contribution is 5.89. The van der Waals surface area contributed by atoms with Crippen LogP contribution in [-0.4, -0.2) is 83.3 Å². The zero-order chi connectivity index (χ0) is 17.0. The molecule has 0 spiro atoms. The highest BCUT2D eigenvalue weighted by Gasteiger charge is 2.25. The quantitative estimate of drug-likeness (QED) is 0.849. The summed E-state index contributed by atoms with van der Waals surface area (Å²) in [6.07, 6.45) is -0.654. The summed E-state index contributed by atoms with van der Waals surface area (Å²) in [5, 5.41) is 19.4. The zero-order valence-electron chi connectivity index (χ0n) is 13.5. The summed E-state index contributed by atoms with van der Waals surface area (Å²) < 4.78 is 0. The highest BCUT2D eigenvalue weighted by atomic mass is 16.4. The molecular weight excluding hydrogens is 298 g/mol. The van der Waals surface area contributed by atoms with Crippen molar-refractivity contribution in [2.45, 2.75) is 12.6 Å². The number of rotatable bonds is 3. The minimum Gasteiger partial charge on any atom is -0.478 e. The summed E-state index contributed by atoms with van der Waals surface area (Å²) in [5.74, 6) is -0.958. The van der Waals surface area contributed by atoms with Crippen molar-refractivity contribution >= 4 is 12.0 Å². The Bertz CT molecular complexity index is 576. The van der Waals surface area contributed by atoms with Gasteiger partial charge in [-0.15, -0.1) is 0 Å². The summed E-state index contributed by atoms with van der Waals surface area (Å²) in [4.78, 5) is 28.4.